The SMILES string of the molecule is CCCC[N-]CCCC.CCCC[N-]CCCC.F.[Nd]. The molecule has 20 heavy (non-hydrogen) atoms. The minimum atomic E-state index is 0. The van der Waals surface area contributed by atoms with Crippen LogP contribution in [0.25, 0.3) is 10.6 Å². The molecule has 0 unspecified atom stereocenters. The zero-order valence-electron chi connectivity index (χ0n) is 14.3. The Kier molecular flexibility index (Phi) is 47.1. The fraction of sp³-hybridized carbons (Fsp3) is 1.00. The summed E-state index contributed by atoms with van der Waals surface area (Å²) < 4.78 is 0. The van der Waals surface area contributed by atoms with Gasteiger partial charge in [-0.15, -0.1) is 26.2 Å². The van der Waals surface area contributed by atoms with Gasteiger partial charge in [-0.2, -0.15) is 0 Å². The van der Waals surface area contributed by atoms with E-state index in [-0.39, 0.29) is 45.5 Å². The molecule has 0 aliphatic heterocycles. The maximum atomic E-state index is 4.35. The van der Waals surface area contributed by atoms with Gasteiger partial charge in [0.25, 0.3) is 0 Å². The summed E-state index contributed by atoms with van der Waals surface area (Å²) in [5, 5.41) is 8.70. The van der Waals surface area contributed by atoms with Crippen LogP contribution in [0.2, 0.25) is 0 Å². The van der Waals surface area contributed by atoms with E-state index in [0.29, 0.717) is 0 Å². The molecular weight excluding hydrogens is 383 g/mol. The molecule has 0 spiro atoms. The Hall–Kier alpha value is 1.20. The van der Waals surface area contributed by atoms with Crippen LogP contribution < -0.4 is 0 Å². The molecule has 0 radical (unpaired) electrons. The van der Waals surface area contributed by atoms with Crippen molar-refractivity contribution in [1.82, 2.24) is 0 Å². The van der Waals surface area contributed by atoms with E-state index < -0.39 is 0 Å². The van der Waals surface area contributed by atoms with Crippen molar-refractivity contribution < 1.29 is 45.5 Å². The van der Waals surface area contributed by atoms with Crippen LogP contribution >= 0.6 is 0 Å². The second-order valence-corrected chi connectivity index (χ2v) is 4.76. The van der Waals surface area contributed by atoms with Crippen LogP contribution in [0.3, 0.4) is 0 Å². The summed E-state index contributed by atoms with van der Waals surface area (Å²) in [6.45, 7) is 13.1. The van der Waals surface area contributed by atoms with Crippen LogP contribution in [0.15, 0.2) is 0 Å². The van der Waals surface area contributed by atoms with E-state index in [0.717, 1.165) is 26.2 Å². The monoisotopic (exact) mass is 418 g/mol. The van der Waals surface area contributed by atoms with Crippen LogP contribution in [-0.4, -0.2) is 26.2 Å². The number of unbranched alkanes of at least 4 members (excludes halogenated alkanes) is 4. The normalized spacial score (nSPS) is 9.00. The molecule has 0 aromatic carbocycles. The van der Waals surface area contributed by atoms with Gasteiger partial charge in [0.2, 0.25) is 0 Å². The number of hydrogen-bond acceptors (Lipinski definition) is 0. The molecule has 0 saturated heterocycles. The maximum Gasteiger partial charge on any atom is 0 e. The third-order valence-electron chi connectivity index (χ3n) is 2.68. The van der Waals surface area contributed by atoms with Gasteiger partial charge in [0.05, 0.1) is 0 Å². The van der Waals surface area contributed by atoms with E-state index in [4.69, 9.17) is 0 Å². The van der Waals surface area contributed by atoms with Gasteiger partial charge in [0.15, 0.2) is 0 Å². The van der Waals surface area contributed by atoms with Crippen LogP contribution in [0.1, 0.15) is 79.1 Å². The van der Waals surface area contributed by atoms with Crippen molar-refractivity contribution in [2.24, 2.45) is 0 Å². The zero-order chi connectivity index (χ0) is 13.9. The molecule has 0 bridgehead atoms. The van der Waals surface area contributed by atoms with Crippen LogP contribution in [0, 0.1) is 40.8 Å². The van der Waals surface area contributed by atoms with Gasteiger partial charge in [-0.05, 0) is 0 Å². The molecule has 4 heteroatoms. The molecule has 0 rings (SSSR count). The Bertz CT molecular complexity index is 101. The van der Waals surface area contributed by atoms with Gasteiger partial charge >= 0.3 is 0 Å². The molecule has 0 atom stereocenters. The number of nitrogens with zero attached hydrogens (tertiary/aromatic N) is 2. The van der Waals surface area contributed by atoms with Gasteiger partial charge in [-0.25, -0.2) is 0 Å². The number of hydrogen-bond donors (Lipinski definition) is 0. The van der Waals surface area contributed by atoms with E-state index in [9.17, 15) is 0 Å². The zero-order valence-corrected chi connectivity index (χ0v) is 17.5. The predicted molar refractivity (Wildman–Crippen MR) is 88.3 cm³/mol. The molecule has 0 aromatic heterocycles. The Labute approximate surface area is 160 Å². The molecule has 2 nitrogen and oxygen atoms in total. The Morgan fingerprint density at radius 2 is 0.700 bits per heavy atom. The van der Waals surface area contributed by atoms with Crippen molar-refractivity contribution in [3.8, 4) is 0 Å². The van der Waals surface area contributed by atoms with Crippen LogP contribution in [0.5, 0.6) is 0 Å². The molecule has 0 saturated carbocycles. The minimum Gasteiger partial charge on any atom is -0.662 e. The molecule has 0 amide bonds. The van der Waals surface area contributed by atoms with Crippen LogP contribution in [-0.2, 0) is 0 Å². The van der Waals surface area contributed by atoms with Crippen molar-refractivity contribution in [2.45, 2.75) is 79.1 Å². The quantitative estimate of drug-likeness (QED) is 0.343. The summed E-state index contributed by atoms with van der Waals surface area (Å²) in [6, 6.07) is 0. The first-order chi connectivity index (χ1) is 8.83. The van der Waals surface area contributed by atoms with Gasteiger partial charge in [0.1, 0.15) is 0 Å². The largest absolute Gasteiger partial charge is 0.662 e. The molecule has 0 aliphatic rings. The first-order valence-electron chi connectivity index (χ1n) is 8.09. The molecule has 124 valence electrons. The number of halogens is 1. The van der Waals surface area contributed by atoms with E-state index in [1.165, 1.54) is 51.4 Å². The van der Waals surface area contributed by atoms with Crippen molar-refractivity contribution in [3.63, 3.8) is 0 Å². The summed E-state index contributed by atoms with van der Waals surface area (Å²) in [5.74, 6) is 0. The van der Waals surface area contributed by atoms with Crippen molar-refractivity contribution in [3.05, 3.63) is 10.6 Å². The topological polar surface area (TPSA) is 28.2 Å². The third kappa shape index (κ3) is 36.5. The minimum absolute atomic E-state index is 0. The maximum absolute atomic E-state index is 4.35. The second kappa shape index (κ2) is 32.2. The van der Waals surface area contributed by atoms with Gasteiger partial charge in [-0.1, -0.05) is 79.1 Å². The number of rotatable bonds is 12. The third-order valence-corrected chi connectivity index (χ3v) is 2.68. The molecule has 0 aromatic rings. The molecule has 0 fully saturated rings. The summed E-state index contributed by atoms with van der Waals surface area (Å²) in [7, 11) is 0. The Morgan fingerprint density at radius 3 is 0.850 bits per heavy atom. The predicted octanol–water partition coefficient (Wildman–Crippen LogP) is 6.07. The Morgan fingerprint density at radius 1 is 0.500 bits per heavy atom. The fourth-order valence-electron chi connectivity index (χ4n) is 1.30. The van der Waals surface area contributed by atoms with Crippen molar-refractivity contribution in [2.75, 3.05) is 26.2 Å². The molecular formula is C16H37FN2Nd-2. The van der Waals surface area contributed by atoms with E-state index in [1.54, 1.807) is 0 Å². The van der Waals surface area contributed by atoms with Crippen molar-refractivity contribution >= 4 is 0 Å². The summed E-state index contributed by atoms with van der Waals surface area (Å²) in [4.78, 5) is 0. The van der Waals surface area contributed by atoms with Gasteiger partial charge < -0.3 is 10.6 Å². The van der Waals surface area contributed by atoms with Crippen LogP contribution in [0.4, 0.5) is 4.70 Å². The van der Waals surface area contributed by atoms with E-state index in [1.807, 2.05) is 0 Å². The summed E-state index contributed by atoms with van der Waals surface area (Å²) in [6.07, 6.45) is 10.2. The molecule has 0 heterocycles. The summed E-state index contributed by atoms with van der Waals surface area (Å²) >= 11 is 0. The van der Waals surface area contributed by atoms with Gasteiger partial charge in [-0.3, -0.25) is 4.70 Å². The molecule has 0 aliphatic carbocycles. The fourth-order valence-corrected chi connectivity index (χ4v) is 1.30. The van der Waals surface area contributed by atoms with Gasteiger partial charge in [0, 0.05) is 40.8 Å². The van der Waals surface area contributed by atoms with E-state index >= 15 is 0 Å². The average molecular weight is 421 g/mol. The molecule has 0 N–H and O–H groups in total. The van der Waals surface area contributed by atoms with Crippen molar-refractivity contribution in [1.29, 1.82) is 0 Å². The smallest absolute Gasteiger partial charge is 0 e. The van der Waals surface area contributed by atoms with E-state index in [2.05, 4.69) is 38.3 Å². The standard InChI is InChI=1S/2C8H18N.FH.Nd/c2*1-3-5-7-9-8-6-4-2;;/h2*3-8H2,1-2H3;1H;/q2*-1;;. The second-order valence-electron chi connectivity index (χ2n) is 4.76. The Balaban J connectivity index is -0.000000116. The summed E-state index contributed by atoms with van der Waals surface area (Å²) in [5.41, 5.74) is 0. The first-order valence-corrected chi connectivity index (χ1v) is 8.09. The average Bonchev–Trinajstić information content (AvgIpc) is 2.39. The first kappa shape index (κ1) is 29.2.